The van der Waals surface area contributed by atoms with E-state index in [4.69, 9.17) is 4.42 Å². The van der Waals surface area contributed by atoms with E-state index in [1.807, 2.05) is 0 Å². The molecule has 0 spiro atoms. The van der Waals surface area contributed by atoms with Crippen LogP contribution in [0.3, 0.4) is 0 Å². The summed E-state index contributed by atoms with van der Waals surface area (Å²) in [5.41, 5.74) is 0.779. The molecule has 0 atom stereocenters. The normalized spacial score (nSPS) is 10.7. The molecule has 0 bridgehead atoms. The molecule has 0 aliphatic rings. The van der Waals surface area contributed by atoms with Crippen LogP contribution < -0.4 is 5.32 Å². The molecule has 0 aliphatic carbocycles. The summed E-state index contributed by atoms with van der Waals surface area (Å²) in [5.74, 6) is -1.33. The van der Waals surface area contributed by atoms with Gasteiger partial charge in [-0.1, -0.05) is 12.1 Å². The van der Waals surface area contributed by atoms with Gasteiger partial charge >= 0.3 is 0 Å². The second-order valence-corrected chi connectivity index (χ2v) is 5.71. The average Bonchev–Trinajstić information content (AvgIpc) is 3.34. The first-order valence-corrected chi connectivity index (χ1v) is 8.07. The number of benzene rings is 2. The largest absolute Gasteiger partial charge is 0.451 e. The zero-order valence-electron chi connectivity index (χ0n) is 13.9. The second kappa shape index (κ2) is 6.87. The molecule has 2 heterocycles. The van der Waals surface area contributed by atoms with Crippen molar-refractivity contribution in [2.75, 3.05) is 5.32 Å². The molecule has 5 nitrogen and oxygen atoms in total. The van der Waals surface area contributed by atoms with Crippen molar-refractivity contribution in [3.8, 4) is 17.0 Å². The highest BCUT2D eigenvalue weighted by atomic mass is 19.1. The fourth-order valence-corrected chi connectivity index (χ4v) is 2.64. The Hall–Kier alpha value is -3.74. The minimum Gasteiger partial charge on any atom is -0.451 e. The van der Waals surface area contributed by atoms with Gasteiger partial charge in [0, 0.05) is 18.1 Å². The monoisotopic (exact) mass is 365 g/mol. The summed E-state index contributed by atoms with van der Waals surface area (Å²) in [4.78, 5) is 12.3. The van der Waals surface area contributed by atoms with E-state index in [0.29, 0.717) is 0 Å². The van der Waals surface area contributed by atoms with Gasteiger partial charge in [-0.25, -0.2) is 13.5 Å². The van der Waals surface area contributed by atoms with Crippen molar-refractivity contribution in [3.63, 3.8) is 0 Å². The van der Waals surface area contributed by atoms with Crippen molar-refractivity contribution in [3.05, 3.63) is 90.5 Å². The zero-order chi connectivity index (χ0) is 18.8. The third-order valence-corrected chi connectivity index (χ3v) is 3.93. The van der Waals surface area contributed by atoms with Crippen LogP contribution in [-0.4, -0.2) is 15.7 Å². The Balaban J connectivity index is 1.53. The molecule has 4 rings (SSSR count). The van der Waals surface area contributed by atoms with Gasteiger partial charge in [0.05, 0.1) is 5.56 Å². The second-order valence-electron chi connectivity index (χ2n) is 5.71. The Morgan fingerprint density at radius 2 is 1.85 bits per heavy atom. The molecule has 0 aliphatic heterocycles. The maximum atomic E-state index is 14.3. The van der Waals surface area contributed by atoms with Crippen LogP contribution in [0.15, 0.2) is 77.5 Å². The van der Waals surface area contributed by atoms with Crippen LogP contribution >= 0.6 is 0 Å². The van der Waals surface area contributed by atoms with Crippen molar-refractivity contribution in [1.82, 2.24) is 9.78 Å². The van der Waals surface area contributed by atoms with Crippen molar-refractivity contribution in [2.24, 2.45) is 0 Å². The van der Waals surface area contributed by atoms with E-state index in [1.54, 1.807) is 42.7 Å². The molecule has 2 aromatic carbocycles. The summed E-state index contributed by atoms with van der Waals surface area (Å²) in [6.07, 6.45) is 3.16. The minimum absolute atomic E-state index is 0.00943. The van der Waals surface area contributed by atoms with Gasteiger partial charge in [0.2, 0.25) is 0 Å². The summed E-state index contributed by atoms with van der Waals surface area (Å²) in [7, 11) is 0. The standard InChI is InChI=1S/C20H13F2N3O2/c21-15-5-2-1-4-14(15)18-8-9-19(27-18)20(26)24-13-6-7-17(16(22)12-13)25-11-3-10-23-25/h1-12H,(H,24,26). The lowest BCUT2D eigenvalue weighted by atomic mass is 10.1. The SMILES string of the molecule is O=C(Nc1ccc(-n2cccn2)c(F)c1)c1ccc(-c2ccccc2F)o1. The van der Waals surface area contributed by atoms with E-state index < -0.39 is 17.5 Å². The number of anilines is 1. The third-order valence-electron chi connectivity index (χ3n) is 3.93. The van der Waals surface area contributed by atoms with Gasteiger partial charge in [-0.15, -0.1) is 0 Å². The highest BCUT2D eigenvalue weighted by Gasteiger charge is 2.15. The number of hydrogen-bond donors (Lipinski definition) is 1. The van der Waals surface area contributed by atoms with E-state index in [1.165, 1.54) is 35.0 Å². The van der Waals surface area contributed by atoms with Crippen molar-refractivity contribution in [1.29, 1.82) is 0 Å². The Kier molecular flexibility index (Phi) is 4.25. The van der Waals surface area contributed by atoms with Crippen molar-refractivity contribution >= 4 is 11.6 Å². The van der Waals surface area contributed by atoms with Gasteiger partial charge < -0.3 is 9.73 Å². The topological polar surface area (TPSA) is 60.1 Å². The fraction of sp³-hybridized carbons (Fsp3) is 0. The van der Waals surface area contributed by atoms with Gasteiger partial charge in [-0.05, 0) is 48.5 Å². The van der Waals surface area contributed by atoms with E-state index >= 15 is 0 Å². The summed E-state index contributed by atoms with van der Waals surface area (Å²) in [6.45, 7) is 0. The lowest BCUT2D eigenvalue weighted by Crippen LogP contribution is -2.11. The van der Waals surface area contributed by atoms with E-state index in [9.17, 15) is 13.6 Å². The molecule has 0 fully saturated rings. The number of nitrogens with one attached hydrogen (secondary N) is 1. The third kappa shape index (κ3) is 3.35. The van der Waals surface area contributed by atoms with Crippen molar-refractivity contribution in [2.45, 2.75) is 0 Å². The summed E-state index contributed by atoms with van der Waals surface area (Å²) >= 11 is 0. The molecule has 0 saturated heterocycles. The Labute approximate surface area is 152 Å². The average molecular weight is 365 g/mol. The van der Waals surface area contributed by atoms with Crippen LogP contribution in [-0.2, 0) is 0 Å². The predicted molar refractivity (Wildman–Crippen MR) is 95.6 cm³/mol. The van der Waals surface area contributed by atoms with E-state index in [0.717, 1.165) is 0 Å². The molecular weight excluding hydrogens is 352 g/mol. The Bertz CT molecular complexity index is 1100. The molecule has 7 heteroatoms. The van der Waals surface area contributed by atoms with Crippen LogP contribution in [0, 0.1) is 11.6 Å². The fourth-order valence-electron chi connectivity index (χ4n) is 2.64. The van der Waals surface area contributed by atoms with E-state index in [2.05, 4.69) is 10.4 Å². The number of rotatable bonds is 4. The van der Waals surface area contributed by atoms with Crippen LogP contribution in [0.4, 0.5) is 14.5 Å². The molecule has 0 saturated carbocycles. The lowest BCUT2D eigenvalue weighted by molar-refractivity contribution is 0.0997. The summed E-state index contributed by atoms with van der Waals surface area (Å²) < 4.78 is 34.9. The molecule has 2 aromatic heterocycles. The lowest BCUT2D eigenvalue weighted by Gasteiger charge is -2.07. The van der Waals surface area contributed by atoms with Crippen LogP contribution in [0.1, 0.15) is 10.6 Å². The zero-order valence-corrected chi connectivity index (χ0v) is 13.9. The van der Waals surface area contributed by atoms with Gasteiger partial charge in [-0.2, -0.15) is 5.10 Å². The maximum absolute atomic E-state index is 14.3. The molecule has 1 amide bonds. The van der Waals surface area contributed by atoms with Gasteiger partial charge in [-0.3, -0.25) is 4.79 Å². The molecule has 0 unspecified atom stereocenters. The minimum atomic E-state index is -0.566. The molecule has 1 N–H and O–H groups in total. The number of carbonyl (C=O) groups excluding carboxylic acids is 1. The number of hydrogen-bond acceptors (Lipinski definition) is 3. The first-order chi connectivity index (χ1) is 13.1. The Morgan fingerprint density at radius 3 is 2.59 bits per heavy atom. The van der Waals surface area contributed by atoms with Gasteiger partial charge in [0.15, 0.2) is 11.6 Å². The van der Waals surface area contributed by atoms with Crippen molar-refractivity contribution < 1.29 is 18.0 Å². The number of carbonyl (C=O) groups is 1. The summed E-state index contributed by atoms with van der Waals surface area (Å²) in [5, 5.41) is 6.52. The number of amides is 1. The number of halogens is 2. The highest BCUT2D eigenvalue weighted by molar-refractivity contribution is 6.02. The van der Waals surface area contributed by atoms with Crippen LogP contribution in [0.2, 0.25) is 0 Å². The highest BCUT2D eigenvalue weighted by Crippen LogP contribution is 2.25. The summed E-state index contributed by atoms with van der Waals surface area (Å²) in [6, 6.07) is 15.0. The quantitative estimate of drug-likeness (QED) is 0.572. The smallest absolute Gasteiger partial charge is 0.291 e. The Morgan fingerprint density at radius 1 is 1.00 bits per heavy atom. The predicted octanol–water partition coefficient (Wildman–Crippen LogP) is 4.66. The number of furan rings is 1. The molecule has 4 aromatic rings. The van der Waals surface area contributed by atoms with Crippen LogP contribution in [0.5, 0.6) is 0 Å². The van der Waals surface area contributed by atoms with Gasteiger partial charge in [0.1, 0.15) is 17.3 Å². The molecular formula is C20H13F2N3O2. The van der Waals surface area contributed by atoms with E-state index in [-0.39, 0.29) is 28.5 Å². The first kappa shape index (κ1) is 16.7. The van der Waals surface area contributed by atoms with Crippen LogP contribution in [0.25, 0.3) is 17.0 Å². The van der Waals surface area contributed by atoms with Gasteiger partial charge in [0.25, 0.3) is 5.91 Å². The first-order valence-electron chi connectivity index (χ1n) is 8.07. The molecule has 134 valence electrons. The molecule has 27 heavy (non-hydrogen) atoms. The number of aromatic nitrogens is 2. The molecule has 0 radical (unpaired) electrons. The maximum Gasteiger partial charge on any atom is 0.291 e. The number of nitrogens with zero attached hydrogens (tertiary/aromatic N) is 2.